The molecule has 1 N–H and O–H groups in total. The van der Waals surface area contributed by atoms with E-state index in [1.54, 1.807) is 12.1 Å². The van der Waals surface area contributed by atoms with Crippen LogP contribution in [0.1, 0.15) is 44.7 Å². The average molecular weight is 292 g/mol. The van der Waals surface area contributed by atoms with E-state index < -0.39 is 0 Å². The van der Waals surface area contributed by atoms with E-state index in [1.165, 1.54) is 6.07 Å². The third-order valence-electron chi connectivity index (χ3n) is 4.23. The molecule has 2 unspecified atom stereocenters. The molecule has 1 heterocycles. The third kappa shape index (κ3) is 4.27. The van der Waals surface area contributed by atoms with Gasteiger partial charge in [0, 0.05) is 25.1 Å². The molecular weight excluding hydrogens is 267 g/mol. The van der Waals surface area contributed by atoms with Crippen LogP contribution >= 0.6 is 0 Å². The van der Waals surface area contributed by atoms with Gasteiger partial charge in [0.1, 0.15) is 5.82 Å². The molecule has 0 saturated carbocycles. The SMILES string of the molecule is CCNC(CN1CCC(C)CCC1=O)c1ccccc1F. The predicted octanol–water partition coefficient (Wildman–Crippen LogP) is 3.12. The molecule has 0 aliphatic carbocycles. The highest BCUT2D eigenvalue weighted by Crippen LogP contribution is 2.22. The number of carbonyl (C=O) groups excluding carboxylic acids is 1. The molecule has 0 bridgehead atoms. The molecule has 3 nitrogen and oxygen atoms in total. The van der Waals surface area contributed by atoms with Gasteiger partial charge in [-0.25, -0.2) is 4.39 Å². The molecule has 4 heteroatoms. The molecular formula is C17H25FN2O. The van der Waals surface area contributed by atoms with Crippen LogP contribution in [0.3, 0.4) is 0 Å². The second-order valence-corrected chi connectivity index (χ2v) is 5.90. The van der Waals surface area contributed by atoms with Crippen molar-refractivity contribution >= 4 is 5.91 Å². The highest BCUT2D eigenvalue weighted by Gasteiger charge is 2.24. The van der Waals surface area contributed by atoms with Gasteiger partial charge in [0.25, 0.3) is 0 Å². The fourth-order valence-corrected chi connectivity index (χ4v) is 2.86. The number of benzene rings is 1. The minimum atomic E-state index is -0.209. The first-order valence-electron chi connectivity index (χ1n) is 7.87. The van der Waals surface area contributed by atoms with Crippen molar-refractivity contribution in [2.24, 2.45) is 5.92 Å². The smallest absolute Gasteiger partial charge is 0.222 e. The Balaban J connectivity index is 2.12. The van der Waals surface area contributed by atoms with E-state index in [9.17, 15) is 9.18 Å². The van der Waals surface area contributed by atoms with Crippen molar-refractivity contribution in [1.82, 2.24) is 10.2 Å². The second kappa shape index (κ2) is 7.55. The third-order valence-corrected chi connectivity index (χ3v) is 4.23. The molecule has 1 aromatic rings. The van der Waals surface area contributed by atoms with Crippen LogP contribution in [0.25, 0.3) is 0 Å². The summed E-state index contributed by atoms with van der Waals surface area (Å²) in [5, 5.41) is 3.31. The number of hydrogen-bond donors (Lipinski definition) is 1. The Kier molecular flexibility index (Phi) is 5.74. The van der Waals surface area contributed by atoms with E-state index in [0.717, 1.165) is 25.9 Å². The molecule has 116 valence electrons. The molecule has 2 atom stereocenters. The van der Waals surface area contributed by atoms with E-state index in [0.29, 0.717) is 24.4 Å². The predicted molar refractivity (Wildman–Crippen MR) is 82.4 cm³/mol. The molecule has 0 radical (unpaired) electrons. The van der Waals surface area contributed by atoms with E-state index in [4.69, 9.17) is 0 Å². The standard InChI is InChI=1S/C17H25FN2O/c1-3-19-16(14-6-4-5-7-15(14)18)12-20-11-10-13(2)8-9-17(20)21/h4-7,13,16,19H,3,8-12H2,1-2H3. The molecule has 2 rings (SSSR count). The molecule has 1 fully saturated rings. The lowest BCUT2D eigenvalue weighted by atomic mass is 10.0. The lowest BCUT2D eigenvalue weighted by molar-refractivity contribution is -0.131. The highest BCUT2D eigenvalue weighted by atomic mass is 19.1. The molecule has 0 aromatic heterocycles. The summed E-state index contributed by atoms with van der Waals surface area (Å²) in [4.78, 5) is 14.1. The molecule has 1 aliphatic rings. The Labute approximate surface area is 126 Å². The van der Waals surface area contributed by atoms with Crippen LogP contribution in [-0.4, -0.2) is 30.4 Å². The normalized spacial score (nSPS) is 21.2. The summed E-state index contributed by atoms with van der Waals surface area (Å²) in [6, 6.07) is 6.67. The Bertz CT molecular complexity index is 478. The quantitative estimate of drug-likeness (QED) is 0.904. The number of rotatable bonds is 5. The van der Waals surface area contributed by atoms with E-state index in [2.05, 4.69) is 12.2 Å². The Morgan fingerprint density at radius 3 is 2.86 bits per heavy atom. The van der Waals surface area contributed by atoms with Gasteiger partial charge in [-0.1, -0.05) is 32.0 Å². The van der Waals surface area contributed by atoms with Crippen molar-refractivity contribution in [3.8, 4) is 0 Å². The Hall–Kier alpha value is -1.42. The van der Waals surface area contributed by atoms with Crippen LogP contribution in [-0.2, 0) is 4.79 Å². The van der Waals surface area contributed by atoms with Crippen LogP contribution in [0.15, 0.2) is 24.3 Å². The van der Waals surface area contributed by atoms with Gasteiger partial charge >= 0.3 is 0 Å². The first kappa shape index (κ1) is 16.0. The maximum absolute atomic E-state index is 14.0. The minimum absolute atomic E-state index is 0.145. The topological polar surface area (TPSA) is 32.3 Å². The van der Waals surface area contributed by atoms with Gasteiger partial charge in [-0.2, -0.15) is 0 Å². The summed E-state index contributed by atoms with van der Waals surface area (Å²) in [6.45, 7) is 6.25. The maximum atomic E-state index is 14.0. The van der Waals surface area contributed by atoms with E-state index in [1.807, 2.05) is 17.9 Å². The van der Waals surface area contributed by atoms with Crippen molar-refractivity contribution in [2.45, 2.75) is 39.2 Å². The number of halogens is 1. The number of nitrogens with zero attached hydrogens (tertiary/aromatic N) is 1. The zero-order valence-electron chi connectivity index (χ0n) is 12.9. The largest absolute Gasteiger partial charge is 0.341 e. The average Bonchev–Trinajstić information content (AvgIpc) is 2.63. The summed E-state index contributed by atoms with van der Waals surface area (Å²) in [5.74, 6) is 0.572. The number of carbonyl (C=O) groups is 1. The van der Waals surface area contributed by atoms with Gasteiger partial charge in [0.05, 0.1) is 6.04 Å². The van der Waals surface area contributed by atoms with E-state index in [-0.39, 0.29) is 17.8 Å². The first-order chi connectivity index (χ1) is 10.1. The highest BCUT2D eigenvalue weighted by molar-refractivity contribution is 5.76. The lowest BCUT2D eigenvalue weighted by Gasteiger charge is -2.27. The lowest BCUT2D eigenvalue weighted by Crippen LogP contribution is -2.39. The Morgan fingerprint density at radius 2 is 2.14 bits per heavy atom. The summed E-state index contributed by atoms with van der Waals surface area (Å²) in [5.41, 5.74) is 0.643. The number of likely N-dealkylation sites (tertiary alicyclic amines) is 1. The zero-order valence-corrected chi connectivity index (χ0v) is 12.9. The van der Waals surface area contributed by atoms with Gasteiger partial charge in [-0.05, 0) is 31.4 Å². The fraction of sp³-hybridized carbons (Fsp3) is 0.588. The Morgan fingerprint density at radius 1 is 1.38 bits per heavy atom. The number of hydrogen-bond acceptors (Lipinski definition) is 2. The van der Waals surface area contributed by atoms with Crippen molar-refractivity contribution in [3.05, 3.63) is 35.6 Å². The fourth-order valence-electron chi connectivity index (χ4n) is 2.86. The van der Waals surface area contributed by atoms with Crippen LogP contribution in [0.4, 0.5) is 4.39 Å². The number of likely N-dealkylation sites (N-methyl/N-ethyl adjacent to an activating group) is 1. The molecule has 21 heavy (non-hydrogen) atoms. The number of amides is 1. The summed E-state index contributed by atoms with van der Waals surface area (Å²) < 4.78 is 14.0. The van der Waals surface area contributed by atoms with Crippen molar-refractivity contribution in [2.75, 3.05) is 19.6 Å². The van der Waals surface area contributed by atoms with Crippen LogP contribution in [0.2, 0.25) is 0 Å². The van der Waals surface area contributed by atoms with Crippen molar-refractivity contribution in [1.29, 1.82) is 0 Å². The maximum Gasteiger partial charge on any atom is 0.222 e. The summed E-state index contributed by atoms with van der Waals surface area (Å²) in [6.07, 6.45) is 2.60. The van der Waals surface area contributed by atoms with Crippen molar-refractivity contribution < 1.29 is 9.18 Å². The molecule has 0 spiro atoms. The van der Waals surface area contributed by atoms with Gasteiger partial charge in [0.15, 0.2) is 0 Å². The van der Waals surface area contributed by atoms with Gasteiger partial charge in [0.2, 0.25) is 5.91 Å². The van der Waals surface area contributed by atoms with Crippen molar-refractivity contribution in [3.63, 3.8) is 0 Å². The summed E-state index contributed by atoms with van der Waals surface area (Å²) in [7, 11) is 0. The van der Waals surface area contributed by atoms with Gasteiger partial charge < -0.3 is 10.2 Å². The van der Waals surface area contributed by atoms with Crippen LogP contribution < -0.4 is 5.32 Å². The van der Waals surface area contributed by atoms with Gasteiger partial charge in [-0.3, -0.25) is 4.79 Å². The van der Waals surface area contributed by atoms with Gasteiger partial charge in [-0.15, -0.1) is 0 Å². The molecule has 1 aliphatic heterocycles. The molecule has 1 aromatic carbocycles. The molecule has 1 amide bonds. The van der Waals surface area contributed by atoms with Crippen LogP contribution in [0, 0.1) is 11.7 Å². The van der Waals surface area contributed by atoms with Crippen LogP contribution in [0.5, 0.6) is 0 Å². The minimum Gasteiger partial charge on any atom is -0.341 e. The molecule has 1 saturated heterocycles. The zero-order chi connectivity index (χ0) is 15.2. The first-order valence-corrected chi connectivity index (χ1v) is 7.87. The summed E-state index contributed by atoms with van der Waals surface area (Å²) >= 11 is 0. The second-order valence-electron chi connectivity index (χ2n) is 5.90. The monoisotopic (exact) mass is 292 g/mol. The number of nitrogens with one attached hydrogen (secondary N) is 1. The van der Waals surface area contributed by atoms with E-state index >= 15 is 0 Å².